The summed E-state index contributed by atoms with van der Waals surface area (Å²) in [5, 5.41) is 7.03. The summed E-state index contributed by atoms with van der Waals surface area (Å²) in [5.41, 5.74) is 1.41. The summed E-state index contributed by atoms with van der Waals surface area (Å²) in [4.78, 5) is 0. The van der Waals surface area contributed by atoms with Crippen LogP contribution in [0.15, 0.2) is 24.4 Å². The Balaban J connectivity index is 2.25. The van der Waals surface area contributed by atoms with Gasteiger partial charge in [-0.15, -0.1) is 0 Å². The molecule has 0 spiro atoms. The second-order valence-electron chi connectivity index (χ2n) is 3.97. The Hall–Kier alpha value is -1.24. The van der Waals surface area contributed by atoms with Crippen molar-refractivity contribution in [2.45, 2.75) is 12.7 Å². The number of hydrogen-bond acceptors (Lipinski definition) is 3. The molecule has 102 valence electrons. The number of benzene rings is 1. The third-order valence-corrected chi connectivity index (χ3v) is 4.40. The van der Waals surface area contributed by atoms with Gasteiger partial charge in [0.2, 0.25) is 10.0 Å². The zero-order chi connectivity index (χ0) is 14.0. The second-order valence-corrected chi connectivity index (χ2v) is 6.51. The molecule has 0 aliphatic carbocycles. The molecule has 2 N–H and O–H groups in total. The average Bonchev–Trinajstić information content (AvgIpc) is 2.69. The van der Waals surface area contributed by atoms with Crippen LogP contribution in [0.2, 0.25) is 10.0 Å². The van der Waals surface area contributed by atoms with Gasteiger partial charge in [0.1, 0.15) is 0 Å². The van der Waals surface area contributed by atoms with E-state index in [4.69, 9.17) is 23.2 Å². The molecular formula is C11H11Cl2N3O2S. The highest BCUT2D eigenvalue weighted by Crippen LogP contribution is 2.26. The van der Waals surface area contributed by atoms with E-state index in [0.29, 0.717) is 27.0 Å². The molecule has 8 heteroatoms. The number of nitrogens with zero attached hydrogens (tertiary/aromatic N) is 1. The minimum atomic E-state index is -3.60. The van der Waals surface area contributed by atoms with E-state index in [0.717, 1.165) is 0 Å². The van der Waals surface area contributed by atoms with Crippen molar-refractivity contribution in [3.8, 4) is 0 Å². The first-order chi connectivity index (χ1) is 8.89. The summed E-state index contributed by atoms with van der Waals surface area (Å²) in [6.45, 7) is 1.72. The van der Waals surface area contributed by atoms with E-state index in [9.17, 15) is 8.42 Å². The van der Waals surface area contributed by atoms with Crippen molar-refractivity contribution in [1.29, 1.82) is 0 Å². The molecule has 0 atom stereocenters. The van der Waals surface area contributed by atoms with Crippen LogP contribution in [0.1, 0.15) is 11.3 Å². The Morgan fingerprint density at radius 2 is 1.95 bits per heavy atom. The van der Waals surface area contributed by atoms with Gasteiger partial charge in [0.15, 0.2) is 0 Å². The maximum Gasteiger partial charge on any atom is 0.237 e. The van der Waals surface area contributed by atoms with Gasteiger partial charge in [-0.2, -0.15) is 5.10 Å². The third kappa shape index (κ3) is 3.40. The van der Waals surface area contributed by atoms with Gasteiger partial charge in [0, 0.05) is 15.6 Å². The molecule has 0 aliphatic heterocycles. The van der Waals surface area contributed by atoms with Crippen molar-refractivity contribution in [3.05, 3.63) is 45.7 Å². The minimum absolute atomic E-state index is 0.296. The van der Waals surface area contributed by atoms with Crippen molar-refractivity contribution in [2.75, 3.05) is 4.72 Å². The van der Waals surface area contributed by atoms with Crippen LogP contribution in [0.25, 0.3) is 0 Å². The molecule has 5 nitrogen and oxygen atoms in total. The van der Waals surface area contributed by atoms with Gasteiger partial charge < -0.3 is 0 Å². The Morgan fingerprint density at radius 3 is 2.47 bits per heavy atom. The highest BCUT2D eigenvalue weighted by atomic mass is 35.5. The van der Waals surface area contributed by atoms with Gasteiger partial charge >= 0.3 is 0 Å². The van der Waals surface area contributed by atoms with Crippen molar-refractivity contribution in [1.82, 2.24) is 10.2 Å². The monoisotopic (exact) mass is 319 g/mol. The maximum atomic E-state index is 12.1. The van der Waals surface area contributed by atoms with Gasteiger partial charge in [0.25, 0.3) is 0 Å². The van der Waals surface area contributed by atoms with Crippen LogP contribution >= 0.6 is 23.2 Å². The molecule has 19 heavy (non-hydrogen) atoms. The quantitative estimate of drug-likeness (QED) is 0.909. The highest BCUT2D eigenvalue weighted by molar-refractivity contribution is 7.91. The zero-order valence-corrected chi connectivity index (χ0v) is 12.3. The molecule has 0 saturated heterocycles. The van der Waals surface area contributed by atoms with Crippen LogP contribution in [-0.4, -0.2) is 18.6 Å². The zero-order valence-electron chi connectivity index (χ0n) is 9.94. The molecule has 0 radical (unpaired) electrons. The number of aromatic amines is 1. The summed E-state index contributed by atoms with van der Waals surface area (Å²) in [6.07, 6.45) is 1.40. The lowest BCUT2D eigenvalue weighted by molar-refractivity contribution is 0.600. The molecule has 0 amide bonds. The van der Waals surface area contributed by atoms with E-state index in [1.54, 1.807) is 25.1 Å². The number of hydrogen-bond donors (Lipinski definition) is 2. The van der Waals surface area contributed by atoms with Crippen LogP contribution in [0, 0.1) is 6.92 Å². The fraction of sp³-hybridized carbons (Fsp3) is 0.182. The van der Waals surface area contributed by atoms with Crippen molar-refractivity contribution < 1.29 is 8.42 Å². The molecule has 2 rings (SSSR count). The lowest BCUT2D eigenvalue weighted by Gasteiger charge is -2.09. The maximum absolute atomic E-state index is 12.1. The van der Waals surface area contributed by atoms with E-state index in [2.05, 4.69) is 14.9 Å². The molecule has 0 saturated carbocycles. The van der Waals surface area contributed by atoms with Gasteiger partial charge in [0.05, 0.1) is 23.3 Å². The van der Waals surface area contributed by atoms with Gasteiger partial charge in [-0.3, -0.25) is 9.82 Å². The Labute approximate surface area is 121 Å². The van der Waals surface area contributed by atoms with Crippen LogP contribution in [0.4, 0.5) is 5.69 Å². The third-order valence-electron chi connectivity index (χ3n) is 2.49. The number of nitrogens with one attached hydrogen (secondary N) is 2. The Morgan fingerprint density at radius 1 is 1.32 bits per heavy atom. The predicted molar refractivity (Wildman–Crippen MR) is 76.0 cm³/mol. The summed E-state index contributed by atoms with van der Waals surface area (Å²) in [6, 6.07) is 4.86. The number of rotatable bonds is 4. The van der Waals surface area contributed by atoms with E-state index in [1.165, 1.54) is 6.20 Å². The largest absolute Gasteiger partial charge is 0.281 e. The van der Waals surface area contributed by atoms with Crippen LogP contribution in [0.3, 0.4) is 0 Å². The van der Waals surface area contributed by atoms with Gasteiger partial charge in [-0.05, 0) is 19.1 Å². The first kappa shape index (κ1) is 14.2. The van der Waals surface area contributed by atoms with E-state index >= 15 is 0 Å². The number of anilines is 1. The second kappa shape index (κ2) is 5.40. The topological polar surface area (TPSA) is 74.8 Å². The lowest BCUT2D eigenvalue weighted by atomic mass is 10.2. The molecule has 0 fully saturated rings. The van der Waals surface area contributed by atoms with E-state index in [-0.39, 0.29) is 5.75 Å². The van der Waals surface area contributed by atoms with Gasteiger partial charge in [-0.1, -0.05) is 29.3 Å². The minimum Gasteiger partial charge on any atom is -0.281 e. The van der Waals surface area contributed by atoms with Gasteiger partial charge in [-0.25, -0.2) is 8.42 Å². The predicted octanol–water partition coefficient (Wildman–Crippen LogP) is 2.97. The number of halogens is 2. The average molecular weight is 320 g/mol. The SMILES string of the molecule is Cc1[nH]ncc1NS(=O)(=O)Cc1c(Cl)cccc1Cl. The molecule has 1 aromatic heterocycles. The van der Waals surface area contributed by atoms with Crippen LogP contribution in [0.5, 0.6) is 0 Å². The number of sulfonamides is 1. The summed E-state index contributed by atoms with van der Waals surface area (Å²) in [7, 11) is -3.60. The number of H-pyrrole nitrogens is 1. The Bertz CT molecular complexity index is 677. The smallest absolute Gasteiger partial charge is 0.237 e. The molecule has 0 bridgehead atoms. The Kier molecular flexibility index (Phi) is 4.03. The standard InChI is InChI=1S/C11H11Cl2N3O2S/c1-7-11(5-14-15-7)16-19(17,18)6-8-9(12)3-2-4-10(8)13/h2-5,16H,6H2,1H3,(H,14,15). The fourth-order valence-electron chi connectivity index (χ4n) is 1.52. The molecule has 1 aromatic carbocycles. The molecule has 0 aliphatic rings. The number of aryl methyl sites for hydroxylation is 1. The van der Waals surface area contributed by atoms with Crippen molar-refractivity contribution in [2.24, 2.45) is 0 Å². The normalized spacial score (nSPS) is 11.5. The number of aromatic nitrogens is 2. The highest BCUT2D eigenvalue weighted by Gasteiger charge is 2.17. The van der Waals surface area contributed by atoms with Crippen LogP contribution < -0.4 is 4.72 Å². The van der Waals surface area contributed by atoms with Crippen molar-refractivity contribution in [3.63, 3.8) is 0 Å². The molecular weight excluding hydrogens is 309 g/mol. The lowest BCUT2D eigenvalue weighted by Crippen LogP contribution is -2.15. The summed E-state index contributed by atoms with van der Waals surface area (Å²) >= 11 is 11.9. The molecule has 1 heterocycles. The summed E-state index contributed by atoms with van der Waals surface area (Å²) in [5.74, 6) is -0.296. The first-order valence-corrected chi connectivity index (χ1v) is 7.73. The van der Waals surface area contributed by atoms with Crippen LogP contribution in [-0.2, 0) is 15.8 Å². The molecule has 0 unspecified atom stereocenters. The summed E-state index contributed by atoms with van der Waals surface area (Å²) < 4.78 is 26.5. The fourth-order valence-corrected chi connectivity index (χ4v) is 3.51. The van der Waals surface area contributed by atoms with E-state index in [1.807, 2.05) is 0 Å². The molecule has 2 aromatic rings. The van der Waals surface area contributed by atoms with Crippen molar-refractivity contribution >= 4 is 38.9 Å². The first-order valence-electron chi connectivity index (χ1n) is 5.32. The van der Waals surface area contributed by atoms with E-state index < -0.39 is 10.0 Å².